The normalized spacial score (nSPS) is 15.5. The lowest BCUT2D eigenvalue weighted by Crippen LogP contribution is -2.40. The van der Waals surface area contributed by atoms with Gasteiger partial charge in [0.15, 0.2) is 5.82 Å². The summed E-state index contributed by atoms with van der Waals surface area (Å²) in [6.45, 7) is 0.932. The topological polar surface area (TPSA) is 99.3 Å². The summed E-state index contributed by atoms with van der Waals surface area (Å²) in [7, 11) is 1.27. The number of hydrogen-bond donors (Lipinski definition) is 1. The molecule has 35 heavy (non-hydrogen) atoms. The number of pyridine rings is 2. The van der Waals surface area contributed by atoms with Crippen LogP contribution in [0.4, 0.5) is 29.2 Å². The third kappa shape index (κ3) is 3.77. The van der Waals surface area contributed by atoms with Crippen LogP contribution in [0.1, 0.15) is 6.92 Å². The van der Waals surface area contributed by atoms with Gasteiger partial charge in [-0.3, -0.25) is 0 Å². The average Bonchev–Trinajstić information content (AvgIpc) is 2.95. The molecule has 182 valence electrons. The van der Waals surface area contributed by atoms with E-state index in [1.165, 1.54) is 24.1 Å². The Morgan fingerprint density at radius 1 is 1.20 bits per heavy atom. The van der Waals surface area contributed by atoms with Crippen LogP contribution in [0.5, 0.6) is 11.9 Å². The first kappa shape index (κ1) is 23.1. The SMILES string of the molecule is COc1nc2c3c(nc(-c4cc(N)nc5ccc(F)c(Cl)c45)c(F)c3n1)OC[C@H](C)N2CC(F)F. The molecule has 1 aromatic carbocycles. The van der Waals surface area contributed by atoms with Gasteiger partial charge in [0, 0.05) is 10.9 Å². The van der Waals surface area contributed by atoms with Gasteiger partial charge in [-0.1, -0.05) is 11.6 Å². The number of rotatable bonds is 4. The molecule has 0 saturated heterocycles. The van der Waals surface area contributed by atoms with Gasteiger partial charge in [0.2, 0.25) is 5.88 Å². The standard InChI is InChI=1S/C22H17ClF4N6O2/c1-8-7-35-21-15-19(31-22(34-2)32-20(15)33(8)6-12(25)26)17(27)18(30-21)9-5-13(28)29-11-4-3-10(24)16(23)14(9)11/h3-5,8,12H,6-7H2,1-2H3,(H2,28,29)/t8-/m0/s1. The van der Waals surface area contributed by atoms with E-state index in [0.29, 0.717) is 0 Å². The molecule has 0 bridgehead atoms. The minimum absolute atomic E-state index is 0.000612. The monoisotopic (exact) mass is 508 g/mol. The maximum atomic E-state index is 16.1. The van der Waals surface area contributed by atoms with Crippen LogP contribution >= 0.6 is 11.6 Å². The molecular formula is C22H17ClF4N6O2. The lowest BCUT2D eigenvalue weighted by Gasteiger charge is -2.28. The van der Waals surface area contributed by atoms with Crippen molar-refractivity contribution in [2.75, 3.05) is 30.9 Å². The van der Waals surface area contributed by atoms with Gasteiger partial charge in [0.25, 0.3) is 6.43 Å². The van der Waals surface area contributed by atoms with Gasteiger partial charge in [0.1, 0.15) is 40.7 Å². The van der Waals surface area contributed by atoms with Crippen LogP contribution in [0.3, 0.4) is 0 Å². The average molecular weight is 509 g/mol. The summed E-state index contributed by atoms with van der Waals surface area (Å²) in [6, 6.07) is 2.97. The Hall–Kier alpha value is -3.67. The fourth-order valence-corrected chi connectivity index (χ4v) is 4.33. The number of hydrogen-bond acceptors (Lipinski definition) is 8. The third-order valence-electron chi connectivity index (χ3n) is 5.63. The Labute approximate surface area is 200 Å². The van der Waals surface area contributed by atoms with Crippen LogP contribution in [0, 0.1) is 11.6 Å². The number of nitrogens with two attached hydrogens (primary N) is 1. The predicted molar refractivity (Wildman–Crippen MR) is 122 cm³/mol. The second-order valence-electron chi connectivity index (χ2n) is 7.89. The summed E-state index contributed by atoms with van der Waals surface area (Å²) >= 11 is 6.21. The maximum Gasteiger partial charge on any atom is 0.318 e. The Bertz CT molecular complexity index is 1490. The number of ether oxygens (including phenoxy) is 2. The summed E-state index contributed by atoms with van der Waals surface area (Å²) in [6.07, 6.45) is -2.70. The first-order valence-corrected chi connectivity index (χ1v) is 10.7. The molecule has 0 saturated carbocycles. The van der Waals surface area contributed by atoms with Crippen molar-refractivity contribution in [1.29, 1.82) is 0 Å². The minimum atomic E-state index is -2.70. The molecule has 0 aliphatic carbocycles. The molecule has 5 rings (SSSR count). The van der Waals surface area contributed by atoms with Crippen LogP contribution in [0.2, 0.25) is 5.02 Å². The first-order chi connectivity index (χ1) is 16.7. The molecule has 8 nitrogen and oxygen atoms in total. The molecule has 13 heteroatoms. The van der Waals surface area contributed by atoms with Gasteiger partial charge in [0.05, 0.1) is 30.2 Å². The van der Waals surface area contributed by atoms with Crippen molar-refractivity contribution >= 4 is 45.0 Å². The van der Waals surface area contributed by atoms with Gasteiger partial charge >= 0.3 is 6.01 Å². The van der Waals surface area contributed by atoms with E-state index < -0.39 is 30.6 Å². The quantitative estimate of drug-likeness (QED) is 0.399. The molecule has 1 atom stereocenters. The Morgan fingerprint density at radius 3 is 2.69 bits per heavy atom. The van der Waals surface area contributed by atoms with E-state index in [1.54, 1.807) is 6.92 Å². The molecule has 0 unspecified atom stereocenters. The van der Waals surface area contributed by atoms with E-state index in [0.717, 1.165) is 6.07 Å². The highest BCUT2D eigenvalue weighted by Crippen LogP contribution is 2.43. The van der Waals surface area contributed by atoms with Crippen LogP contribution in [0.15, 0.2) is 18.2 Å². The van der Waals surface area contributed by atoms with Gasteiger partial charge in [-0.2, -0.15) is 9.97 Å². The second-order valence-corrected chi connectivity index (χ2v) is 8.27. The van der Waals surface area contributed by atoms with Crippen molar-refractivity contribution in [3.05, 3.63) is 34.9 Å². The fourth-order valence-electron chi connectivity index (χ4n) is 4.07. The molecule has 3 aromatic heterocycles. The Balaban J connectivity index is 1.88. The van der Waals surface area contributed by atoms with Crippen molar-refractivity contribution < 1.29 is 27.0 Å². The van der Waals surface area contributed by atoms with Crippen molar-refractivity contribution in [3.8, 4) is 23.1 Å². The van der Waals surface area contributed by atoms with Crippen LogP contribution in [0.25, 0.3) is 33.1 Å². The molecule has 1 aliphatic rings. The van der Waals surface area contributed by atoms with E-state index in [-0.39, 0.29) is 68.2 Å². The van der Waals surface area contributed by atoms with Crippen molar-refractivity contribution in [2.45, 2.75) is 19.4 Å². The summed E-state index contributed by atoms with van der Waals surface area (Å²) in [5.41, 5.74) is 5.62. The number of alkyl halides is 2. The van der Waals surface area contributed by atoms with Crippen LogP contribution in [-0.2, 0) is 0 Å². The molecule has 0 fully saturated rings. The van der Waals surface area contributed by atoms with Gasteiger partial charge in [-0.15, -0.1) is 0 Å². The van der Waals surface area contributed by atoms with Gasteiger partial charge in [-0.25, -0.2) is 27.5 Å². The molecule has 2 N–H and O–H groups in total. The molecule has 4 aromatic rings. The van der Waals surface area contributed by atoms with Crippen molar-refractivity contribution in [2.24, 2.45) is 0 Å². The van der Waals surface area contributed by atoms with Crippen molar-refractivity contribution in [1.82, 2.24) is 19.9 Å². The van der Waals surface area contributed by atoms with E-state index in [2.05, 4.69) is 19.9 Å². The highest BCUT2D eigenvalue weighted by Gasteiger charge is 2.32. The highest BCUT2D eigenvalue weighted by atomic mass is 35.5. The number of nitrogens with zero attached hydrogens (tertiary/aromatic N) is 5. The lowest BCUT2D eigenvalue weighted by molar-refractivity contribution is 0.149. The Morgan fingerprint density at radius 2 is 1.97 bits per heavy atom. The Kier molecular flexibility index (Phi) is 5.62. The zero-order valence-electron chi connectivity index (χ0n) is 18.3. The summed E-state index contributed by atoms with van der Waals surface area (Å²) in [5.74, 6) is -1.78. The van der Waals surface area contributed by atoms with Crippen LogP contribution < -0.4 is 20.1 Å². The number of benzene rings is 1. The minimum Gasteiger partial charge on any atom is -0.475 e. The number of aromatic nitrogens is 4. The number of methoxy groups -OCH3 is 1. The first-order valence-electron chi connectivity index (χ1n) is 10.4. The smallest absolute Gasteiger partial charge is 0.318 e. The lowest BCUT2D eigenvalue weighted by atomic mass is 10.0. The molecule has 0 radical (unpaired) electrons. The number of nitrogen functional groups attached to an aromatic ring is 1. The predicted octanol–water partition coefficient (Wildman–Crippen LogP) is 4.61. The largest absolute Gasteiger partial charge is 0.475 e. The third-order valence-corrected chi connectivity index (χ3v) is 6.00. The summed E-state index contributed by atoms with van der Waals surface area (Å²) in [4.78, 5) is 18.1. The highest BCUT2D eigenvalue weighted by molar-refractivity contribution is 6.36. The maximum absolute atomic E-state index is 16.1. The van der Waals surface area contributed by atoms with Gasteiger partial charge < -0.3 is 20.1 Å². The zero-order chi connectivity index (χ0) is 25.0. The molecule has 4 heterocycles. The van der Waals surface area contributed by atoms with E-state index in [4.69, 9.17) is 26.8 Å². The van der Waals surface area contributed by atoms with Gasteiger partial charge in [-0.05, 0) is 25.1 Å². The molecule has 0 amide bonds. The zero-order valence-corrected chi connectivity index (χ0v) is 19.1. The number of anilines is 2. The van der Waals surface area contributed by atoms with E-state index in [9.17, 15) is 13.2 Å². The number of halogens is 5. The molecule has 1 aliphatic heterocycles. The van der Waals surface area contributed by atoms with Crippen molar-refractivity contribution in [3.63, 3.8) is 0 Å². The van der Waals surface area contributed by atoms with E-state index in [1.807, 2.05) is 0 Å². The fraction of sp³-hybridized carbons (Fsp3) is 0.273. The molecule has 0 spiro atoms. The second kappa shape index (κ2) is 8.52. The summed E-state index contributed by atoms with van der Waals surface area (Å²) < 4.78 is 68.1. The molecular weight excluding hydrogens is 492 g/mol. The summed E-state index contributed by atoms with van der Waals surface area (Å²) in [5, 5.41) is -0.210. The number of fused-ring (bicyclic) bond motifs is 1. The van der Waals surface area contributed by atoms with E-state index >= 15 is 4.39 Å². The van der Waals surface area contributed by atoms with Crippen LogP contribution in [-0.4, -0.2) is 52.7 Å².